The third-order valence-corrected chi connectivity index (χ3v) is 3.00. The summed E-state index contributed by atoms with van der Waals surface area (Å²) < 4.78 is 25.4. The molecule has 70 valence electrons. The highest BCUT2D eigenvalue weighted by Gasteiger charge is 2.40. The SMILES string of the molecule is CC1CCC(C(=O)F)C(Cl)C1F. The van der Waals surface area contributed by atoms with Crippen molar-refractivity contribution in [1.82, 2.24) is 0 Å². The summed E-state index contributed by atoms with van der Waals surface area (Å²) in [5.41, 5.74) is 0. The number of carbonyl (C=O) groups excluding carboxylic acids is 1. The molecule has 12 heavy (non-hydrogen) atoms. The Morgan fingerprint density at radius 2 is 2.08 bits per heavy atom. The van der Waals surface area contributed by atoms with Gasteiger partial charge in [0.1, 0.15) is 6.17 Å². The molecule has 4 unspecified atom stereocenters. The Morgan fingerprint density at radius 3 is 2.58 bits per heavy atom. The lowest BCUT2D eigenvalue weighted by atomic mass is 9.81. The molecule has 0 heterocycles. The van der Waals surface area contributed by atoms with Gasteiger partial charge in [0.05, 0.1) is 11.3 Å². The van der Waals surface area contributed by atoms with Gasteiger partial charge < -0.3 is 0 Å². The van der Waals surface area contributed by atoms with Crippen LogP contribution in [0.25, 0.3) is 0 Å². The summed E-state index contributed by atoms with van der Waals surface area (Å²) in [4.78, 5) is 10.3. The van der Waals surface area contributed by atoms with Crippen LogP contribution in [0.15, 0.2) is 0 Å². The molecule has 4 heteroatoms. The second-order valence-electron chi connectivity index (χ2n) is 3.35. The summed E-state index contributed by atoms with van der Waals surface area (Å²) in [6.45, 7) is 1.72. The van der Waals surface area contributed by atoms with Crippen molar-refractivity contribution in [2.75, 3.05) is 0 Å². The predicted molar refractivity (Wildman–Crippen MR) is 42.5 cm³/mol. The van der Waals surface area contributed by atoms with Gasteiger partial charge in [-0.2, -0.15) is 4.39 Å². The zero-order chi connectivity index (χ0) is 9.30. The van der Waals surface area contributed by atoms with Crippen molar-refractivity contribution in [3.8, 4) is 0 Å². The summed E-state index contributed by atoms with van der Waals surface area (Å²) in [7, 11) is 0. The second kappa shape index (κ2) is 3.69. The first-order valence-corrected chi connectivity index (χ1v) is 4.45. The van der Waals surface area contributed by atoms with E-state index in [0.29, 0.717) is 12.8 Å². The van der Waals surface area contributed by atoms with Crippen molar-refractivity contribution in [3.63, 3.8) is 0 Å². The van der Waals surface area contributed by atoms with Gasteiger partial charge in [-0.3, -0.25) is 4.79 Å². The fourth-order valence-electron chi connectivity index (χ4n) is 1.54. The van der Waals surface area contributed by atoms with E-state index in [2.05, 4.69) is 0 Å². The topological polar surface area (TPSA) is 17.1 Å². The molecule has 0 aromatic rings. The molecule has 1 rings (SSSR count). The maximum atomic E-state index is 13.1. The average Bonchev–Trinajstić information content (AvgIpc) is 2.00. The van der Waals surface area contributed by atoms with Crippen molar-refractivity contribution in [2.24, 2.45) is 11.8 Å². The van der Waals surface area contributed by atoms with Gasteiger partial charge in [0, 0.05) is 0 Å². The minimum absolute atomic E-state index is 0.164. The Bertz CT molecular complexity index is 186. The van der Waals surface area contributed by atoms with Crippen LogP contribution in [0.4, 0.5) is 8.78 Å². The van der Waals surface area contributed by atoms with Crippen molar-refractivity contribution in [2.45, 2.75) is 31.3 Å². The fraction of sp³-hybridized carbons (Fsp3) is 0.875. The highest BCUT2D eigenvalue weighted by molar-refractivity contribution is 6.22. The summed E-state index contributed by atoms with van der Waals surface area (Å²) in [5.74, 6) is -1.10. The molecule has 1 saturated carbocycles. The number of hydrogen-bond donors (Lipinski definition) is 0. The fourth-order valence-corrected chi connectivity index (χ4v) is 2.01. The van der Waals surface area contributed by atoms with E-state index in [9.17, 15) is 13.6 Å². The van der Waals surface area contributed by atoms with Gasteiger partial charge in [0.15, 0.2) is 0 Å². The van der Waals surface area contributed by atoms with Crippen LogP contribution in [0.3, 0.4) is 0 Å². The van der Waals surface area contributed by atoms with Gasteiger partial charge >= 0.3 is 6.04 Å². The Kier molecular flexibility index (Phi) is 3.04. The van der Waals surface area contributed by atoms with E-state index in [1.807, 2.05) is 0 Å². The summed E-state index contributed by atoms with van der Waals surface area (Å²) >= 11 is 5.59. The minimum atomic E-state index is -1.48. The van der Waals surface area contributed by atoms with Gasteiger partial charge in [0.2, 0.25) is 0 Å². The maximum absolute atomic E-state index is 13.1. The molecule has 1 aliphatic rings. The smallest absolute Gasteiger partial charge is 0.261 e. The van der Waals surface area contributed by atoms with Crippen LogP contribution in [-0.2, 0) is 4.79 Å². The second-order valence-corrected chi connectivity index (χ2v) is 3.86. The summed E-state index contributed by atoms with van der Waals surface area (Å²) in [6.07, 6.45) is -0.361. The molecule has 0 bridgehead atoms. The van der Waals surface area contributed by atoms with Crippen LogP contribution in [0.1, 0.15) is 19.8 Å². The van der Waals surface area contributed by atoms with Crippen molar-refractivity contribution < 1.29 is 13.6 Å². The van der Waals surface area contributed by atoms with E-state index in [4.69, 9.17) is 11.6 Å². The average molecular weight is 197 g/mol. The first-order chi connectivity index (χ1) is 5.54. The molecule has 1 fully saturated rings. The molecule has 1 aliphatic carbocycles. The molecular formula is C8H11ClF2O. The van der Waals surface area contributed by atoms with E-state index in [1.165, 1.54) is 0 Å². The van der Waals surface area contributed by atoms with Crippen LogP contribution < -0.4 is 0 Å². The van der Waals surface area contributed by atoms with Crippen LogP contribution in [0, 0.1) is 11.8 Å². The van der Waals surface area contributed by atoms with Gasteiger partial charge in [-0.25, -0.2) is 4.39 Å². The highest BCUT2D eigenvalue weighted by atomic mass is 35.5. The van der Waals surface area contributed by atoms with Crippen LogP contribution >= 0.6 is 11.6 Å². The lowest BCUT2D eigenvalue weighted by Crippen LogP contribution is -2.38. The molecule has 0 aliphatic heterocycles. The molecule has 0 saturated heterocycles. The summed E-state index contributed by atoms with van der Waals surface area (Å²) in [6, 6.07) is -1.48. The first-order valence-electron chi connectivity index (χ1n) is 4.01. The monoisotopic (exact) mass is 196 g/mol. The molecule has 0 spiro atoms. The quantitative estimate of drug-likeness (QED) is 0.465. The lowest BCUT2D eigenvalue weighted by Gasteiger charge is -2.31. The number of carbonyl (C=O) groups is 1. The zero-order valence-electron chi connectivity index (χ0n) is 6.77. The standard InChI is InChI=1S/C8H11ClF2O/c1-4-2-3-5(8(11)12)6(9)7(4)10/h4-7H,2-3H2,1H3. The number of rotatable bonds is 1. The van der Waals surface area contributed by atoms with E-state index in [1.54, 1.807) is 6.92 Å². The Balaban J connectivity index is 2.65. The summed E-state index contributed by atoms with van der Waals surface area (Å²) in [5, 5.41) is -0.980. The van der Waals surface area contributed by atoms with Crippen molar-refractivity contribution >= 4 is 17.6 Å². The third-order valence-electron chi connectivity index (χ3n) is 2.46. The lowest BCUT2D eigenvalue weighted by molar-refractivity contribution is -0.135. The van der Waals surface area contributed by atoms with Crippen molar-refractivity contribution in [1.29, 1.82) is 0 Å². The molecule has 0 aromatic carbocycles. The number of halogens is 3. The third kappa shape index (κ3) is 1.76. The zero-order valence-corrected chi connectivity index (χ0v) is 7.52. The Hall–Kier alpha value is -0.180. The molecule has 0 N–H and O–H groups in total. The predicted octanol–water partition coefficient (Wildman–Crippen LogP) is 2.47. The molecular weight excluding hydrogens is 186 g/mol. The number of hydrogen-bond acceptors (Lipinski definition) is 1. The molecule has 0 amide bonds. The molecule has 4 atom stereocenters. The van der Waals surface area contributed by atoms with E-state index >= 15 is 0 Å². The van der Waals surface area contributed by atoms with E-state index in [0.717, 1.165) is 0 Å². The number of alkyl halides is 2. The van der Waals surface area contributed by atoms with E-state index in [-0.39, 0.29) is 5.92 Å². The van der Waals surface area contributed by atoms with Gasteiger partial charge in [-0.15, -0.1) is 11.6 Å². The van der Waals surface area contributed by atoms with Gasteiger partial charge in [-0.1, -0.05) is 6.92 Å². The largest absolute Gasteiger partial charge is 0.306 e. The molecule has 0 radical (unpaired) electrons. The van der Waals surface area contributed by atoms with Gasteiger partial charge in [0.25, 0.3) is 0 Å². The Labute approximate surface area is 75.1 Å². The highest BCUT2D eigenvalue weighted by Crippen LogP contribution is 2.35. The normalized spacial score (nSPS) is 42.7. The van der Waals surface area contributed by atoms with Crippen molar-refractivity contribution in [3.05, 3.63) is 0 Å². The maximum Gasteiger partial charge on any atom is 0.306 e. The minimum Gasteiger partial charge on any atom is -0.261 e. The Morgan fingerprint density at radius 1 is 1.50 bits per heavy atom. The van der Waals surface area contributed by atoms with E-state index < -0.39 is 23.5 Å². The molecule has 0 aromatic heterocycles. The van der Waals surface area contributed by atoms with Crippen LogP contribution in [-0.4, -0.2) is 17.6 Å². The molecule has 1 nitrogen and oxygen atoms in total. The van der Waals surface area contributed by atoms with Crippen LogP contribution in [0.2, 0.25) is 0 Å². The first kappa shape index (κ1) is 9.90. The van der Waals surface area contributed by atoms with Crippen LogP contribution in [0.5, 0.6) is 0 Å². The van der Waals surface area contributed by atoms with Gasteiger partial charge in [-0.05, 0) is 18.8 Å².